The molecule has 0 aliphatic rings. The van der Waals surface area contributed by atoms with Crippen molar-refractivity contribution in [1.82, 2.24) is 9.99 Å². The predicted octanol–water partition coefficient (Wildman–Crippen LogP) is 4.44. The molecule has 6 heteroatoms. The van der Waals surface area contributed by atoms with E-state index < -0.39 is 0 Å². The number of hydrogen-bond donors (Lipinski definition) is 2. The molecule has 30 heavy (non-hydrogen) atoms. The third-order valence-corrected chi connectivity index (χ3v) is 4.97. The first-order valence-corrected chi connectivity index (χ1v) is 9.91. The van der Waals surface area contributed by atoms with Gasteiger partial charge in [-0.2, -0.15) is 5.10 Å². The molecule has 0 bridgehead atoms. The topological polar surface area (TPSA) is 75.8 Å². The number of nitrogens with one attached hydrogen (secondary N) is 1. The lowest BCUT2D eigenvalue weighted by atomic mass is 10.2. The van der Waals surface area contributed by atoms with Crippen molar-refractivity contribution in [2.75, 3.05) is 6.61 Å². The normalized spacial score (nSPS) is 11.4. The molecule has 0 spiro atoms. The molecule has 3 aromatic carbocycles. The molecular weight excluding hydrogens is 378 g/mol. The summed E-state index contributed by atoms with van der Waals surface area (Å²) >= 11 is 0. The Labute approximate surface area is 174 Å². The lowest BCUT2D eigenvalue weighted by molar-refractivity contribution is -0.121. The fraction of sp³-hybridized carbons (Fsp3) is 0.167. The zero-order valence-electron chi connectivity index (χ0n) is 16.7. The average molecular weight is 401 g/mol. The van der Waals surface area contributed by atoms with E-state index in [-0.39, 0.29) is 18.1 Å². The summed E-state index contributed by atoms with van der Waals surface area (Å²) in [5.41, 5.74) is 5.22. The molecule has 0 unspecified atom stereocenters. The van der Waals surface area contributed by atoms with Crippen LogP contribution >= 0.6 is 0 Å². The highest BCUT2D eigenvalue weighted by molar-refractivity contribution is 6.08. The van der Waals surface area contributed by atoms with Crippen LogP contribution in [0, 0.1) is 0 Å². The van der Waals surface area contributed by atoms with E-state index in [1.54, 1.807) is 18.2 Å². The summed E-state index contributed by atoms with van der Waals surface area (Å²) < 4.78 is 7.51. The minimum atomic E-state index is -0.200. The molecule has 0 atom stereocenters. The van der Waals surface area contributed by atoms with Gasteiger partial charge < -0.3 is 14.4 Å². The zero-order chi connectivity index (χ0) is 20.9. The van der Waals surface area contributed by atoms with Gasteiger partial charge >= 0.3 is 0 Å². The van der Waals surface area contributed by atoms with Gasteiger partial charge in [0.1, 0.15) is 0 Å². The molecule has 0 aliphatic heterocycles. The molecule has 0 aliphatic carbocycles. The number of fused-ring (bicyclic) bond motifs is 3. The van der Waals surface area contributed by atoms with Crippen molar-refractivity contribution < 1.29 is 14.6 Å². The molecule has 0 radical (unpaired) electrons. The van der Waals surface area contributed by atoms with Crippen molar-refractivity contribution in [3.05, 3.63) is 72.3 Å². The van der Waals surface area contributed by atoms with Crippen LogP contribution in [0.4, 0.5) is 0 Å². The van der Waals surface area contributed by atoms with E-state index in [1.165, 1.54) is 17.0 Å². The molecular formula is C24H23N3O3. The van der Waals surface area contributed by atoms with Crippen LogP contribution in [0.1, 0.15) is 18.9 Å². The number of hydrogen-bond acceptors (Lipinski definition) is 4. The Morgan fingerprint density at radius 3 is 2.37 bits per heavy atom. The summed E-state index contributed by atoms with van der Waals surface area (Å²) in [5, 5.41) is 16.5. The van der Waals surface area contributed by atoms with Crippen molar-refractivity contribution >= 4 is 33.9 Å². The third-order valence-electron chi connectivity index (χ3n) is 4.97. The number of hydrazone groups is 1. The minimum Gasteiger partial charge on any atom is -0.504 e. The van der Waals surface area contributed by atoms with Crippen LogP contribution in [-0.4, -0.2) is 28.4 Å². The number of ether oxygens (including phenoxy) is 1. The van der Waals surface area contributed by atoms with Gasteiger partial charge in [0.05, 0.1) is 12.8 Å². The highest BCUT2D eigenvalue weighted by Crippen LogP contribution is 2.29. The van der Waals surface area contributed by atoms with Crippen LogP contribution in [0.3, 0.4) is 0 Å². The first kappa shape index (κ1) is 19.5. The number of carbonyl (C=O) groups is 1. The maximum absolute atomic E-state index is 12.3. The minimum absolute atomic E-state index is 0.00243. The number of phenolic OH excluding ortho intramolecular Hbond substituents is 1. The Bertz CT molecular complexity index is 1170. The van der Waals surface area contributed by atoms with Crippen molar-refractivity contribution in [2.45, 2.75) is 19.9 Å². The Kier molecular flexibility index (Phi) is 5.66. The highest BCUT2D eigenvalue weighted by Gasteiger charge is 2.11. The van der Waals surface area contributed by atoms with Crippen LogP contribution in [0.5, 0.6) is 11.5 Å². The summed E-state index contributed by atoms with van der Waals surface area (Å²) in [6.45, 7) is 2.84. The molecule has 2 N–H and O–H groups in total. The number of rotatable bonds is 7. The second-order valence-corrected chi connectivity index (χ2v) is 6.86. The molecule has 4 rings (SSSR count). The molecule has 1 heterocycles. The second kappa shape index (κ2) is 8.69. The standard InChI is InChI=1S/C24H23N3O3/c1-2-30-22-13-7-8-17(24(22)29)16-25-26-23(28)14-15-27-20-11-5-3-9-18(20)19-10-4-6-12-21(19)27/h3-13,16,29H,2,14-15H2,1H3,(H,26,28)/b25-16-. The van der Waals surface area contributed by atoms with Crippen molar-refractivity contribution in [3.63, 3.8) is 0 Å². The van der Waals surface area contributed by atoms with Gasteiger partial charge in [0.2, 0.25) is 5.91 Å². The van der Waals surface area contributed by atoms with Gasteiger partial charge in [-0.1, -0.05) is 42.5 Å². The number of benzene rings is 3. The largest absolute Gasteiger partial charge is 0.504 e. The van der Waals surface area contributed by atoms with Gasteiger partial charge in [-0.05, 0) is 31.2 Å². The number of aromatic hydroxyl groups is 1. The van der Waals surface area contributed by atoms with Gasteiger partial charge in [0.15, 0.2) is 11.5 Å². The van der Waals surface area contributed by atoms with Gasteiger partial charge in [-0.3, -0.25) is 4.79 Å². The summed E-state index contributed by atoms with van der Waals surface area (Å²) in [7, 11) is 0. The number of phenols is 1. The number of para-hydroxylation sites is 3. The molecule has 0 saturated carbocycles. The van der Waals surface area contributed by atoms with E-state index in [1.807, 2.05) is 31.2 Å². The third kappa shape index (κ3) is 3.85. The Balaban J connectivity index is 1.45. The van der Waals surface area contributed by atoms with Gasteiger partial charge in [-0.15, -0.1) is 0 Å². The maximum atomic E-state index is 12.3. The number of aromatic nitrogens is 1. The van der Waals surface area contributed by atoms with E-state index in [4.69, 9.17) is 4.74 Å². The number of carbonyl (C=O) groups excluding carboxylic acids is 1. The first-order chi connectivity index (χ1) is 14.7. The highest BCUT2D eigenvalue weighted by atomic mass is 16.5. The van der Waals surface area contributed by atoms with E-state index in [2.05, 4.69) is 39.4 Å². The van der Waals surface area contributed by atoms with E-state index in [0.717, 1.165) is 11.0 Å². The number of aryl methyl sites for hydroxylation is 1. The molecule has 1 aromatic heterocycles. The van der Waals surface area contributed by atoms with Gasteiger partial charge in [0.25, 0.3) is 0 Å². The fourth-order valence-corrected chi connectivity index (χ4v) is 3.60. The molecule has 6 nitrogen and oxygen atoms in total. The maximum Gasteiger partial charge on any atom is 0.241 e. The summed E-state index contributed by atoms with van der Waals surface area (Å²) in [4.78, 5) is 12.3. The SMILES string of the molecule is CCOc1cccc(/C=N\NC(=O)CCn2c3ccccc3c3ccccc32)c1O. The van der Waals surface area contributed by atoms with Gasteiger partial charge in [0, 0.05) is 40.3 Å². The summed E-state index contributed by atoms with van der Waals surface area (Å²) in [5.74, 6) is 0.190. The Morgan fingerprint density at radius 1 is 1.03 bits per heavy atom. The van der Waals surface area contributed by atoms with Crippen LogP contribution in [0.2, 0.25) is 0 Å². The van der Waals surface area contributed by atoms with Crippen molar-refractivity contribution in [2.24, 2.45) is 5.10 Å². The Morgan fingerprint density at radius 2 is 1.70 bits per heavy atom. The molecule has 152 valence electrons. The number of nitrogens with zero attached hydrogens (tertiary/aromatic N) is 2. The molecule has 1 amide bonds. The molecule has 4 aromatic rings. The van der Waals surface area contributed by atoms with E-state index >= 15 is 0 Å². The van der Waals surface area contributed by atoms with E-state index in [9.17, 15) is 9.90 Å². The van der Waals surface area contributed by atoms with Crippen LogP contribution < -0.4 is 10.2 Å². The van der Waals surface area contributed by atoms with Crippen LogP contribution in [-0.2, 0) is 11.3 Å². The summed E-state index contributed by atoms with van der Waals surface area (Å²) in [6.07, 6.45) is 1.70. The average Bonchev–Trinajstić information content (AvgIpc) is 3.09. The molecule has 0 saturated heterocycles. The lowest BCUT2D eigenvalue weighted by Gasteiger charge is -2.08. The molecule has 0 fully saturated rings. The first-order valence-electron chi connectivity index (χ1n) is 9.91. The van der Waals surface area contributed by atoms with Crippen molar-refractivity contribution in [3.8, 4) is 11.5 Å². The van der Waals surface area contributed by atoms with Crippen LogP contribution in [0.25, 0.3) is 21.8 Å². The van der Waals surface area contributed by atoms with Gasteiger partial charge in [-0.25, -0.2) is 5.43 Å². The smallest absolute Gasteiger partial charge is 0.241 e. The quantitative estimate of drug-likeness (QED) is 0.355. The van der Waals surface area contributed by atoms with E-state index in [0.29, 0.717) is 24.5 Å². The number of amides is 1. The summed E-state index contributed by atoms with van der Waals surface area (Å²) in [6, 6.07) is 21.5. The lowest BCUT2D eigenvalue weighted by Crippen LogP contribution is -2.19. The second-order valence-electron chi connectivity index (χ2n) is 6.86. The Hall–Kier alpha value is -3.80. The van der Waals surface area contributed by atoms with Crippen molar-refractivity contribution in [1.29, 1.82) is 0 Å². The van der Waals surface area contributed by atoms with Crippen LogP contribution in [0.15, 0.2) is 71.8 Å². The monoisotopic (exact) mass is 401 g/mol. The fourth-order valence-electron chi connectivity index (χ4n) is 3.60. The zero-order valence-corrected chi connectivity index (χ0v) is 16.7. The predicted molar refractivity (Wildman–Crippen MR) is 119 cm³/mol.